The summed E-state index contributed by atoms with van der Waals surface area (Å²) >= 11 is 5.87. The van der Waals surface area contributed by atoms with Gasteiger partial charge in [-0.1, -0.05) is 17.7 Å². The second kappa shape index (κ2) is 8.98. The molecule has 0 saturated heterocycles. The van der Waals surface area contributed by atoms with E-state index < -0.39 is 0 Å². The van der Waals surface area contributed by atoms with Crippen LogP contribution in [0.2, 0.25) is 5.02 Å². The third kappa shape index (κ3) is 5.62. The fourth-order valence-electron chi connectivity index (χ4n) is 1.95. The molecule has 6 nitrogen and oxygen atoms in total. The monoisotopic (exact) mass is 350 g/mol. The highest BCUT2D eigenvalue weighted by Gasteiger charge is 2.11. The Hall–Kier alpha value is -2.47. The molecule has 0 spiro atoms. The molecule has 0 bridgehead atoms. The van der Waals surface area contributed by atoms with Crippen LogP contribution in [-0.2, 0) is 4.79 Å². The smallest absolute Gasteiger partial charge is 0.286 e. The lowest BCUT2D eigenvalue weighted by Crippen LogP contribution is -2.34. The highest BCUT2D eigenvalue weighted by atomic mass is 35.5. The van der Waals surface area contributed by atoms with Crippen molar-refractivity contribution >= 4 is 23.4 Å². The molecule has 128 valence electrons. The predicted octanol–water partition coefficient (Wildman–Crippen LogP) is 2.59. The van der Waals surface area contributed by atoms with E-state index in [-0.39, 0.29) is 30.5 Å². The molecule has 1 aromatic carbocycles. The van der Waals surface area contributed by atoms with Gasteiger partial charge in [0.15, 0.2) is 5.76 Å². The number of carbonyl (C=O) groups is 2. The summed E-state index contributed by atoms with van der Waals surface area (Å²) in [7, 11) is 1.69. The highest BCUT2D eigenvalue weighted by molar-refractivity contribution is 6.30. The molecule has 24 heavy (non-hydrogen) atoms. The van der Waals surface area contributed by atoms with Gasteiger partial charge in [0, 0.05) is 25.0 Å². The predicted molar refractivity (Wildman–Crippen MR) is 90.2 cm³/mol. The first-order chi connectivity index (χ1) is 11.6. The maximum atomic E-state index is 12.0. The minimum Gasteiger partial charge on any atom is -0.492 e. The molecule has 0 radical (unpaired) electrons. The Morgan fingerprint density at radius 1 is 1.29 bits per heavy atom. The van der Waals surface area contributed by atoms with Crippen LogP contribution in [0.1, 0.15) is 17.0 Å². The van der Waals surface area contributed by atoms with E-state index >= 15 is 0 Å². The van der Waals surface area contributed by atoms with E-state index in [2.05, 4.69) is 5.32 Å². The van der Waals surface area contributed by atoms with Crippen molar-refractivity contribution in [2.45, 2.75) is 6.42 Å². The normalized spacial score (nSPS) is 10.2. The van der Waals surface area contributed by atoms with Gasteiger partial charge in [-0.15, -0.1) is 0 Å². The van der Waals surface area contributed by atoms with E-state index in [0.717, 1.165) is 0 Å². The van der Waals surface area contributed by atoms with Gasteiger partial charge in [-0.3, -0.25) is 9.59 Å². The maximum absolute atomic E-state index is 12.0. The third-order valence-electron chi connectivity index (χ3n) is 3.29. The van der Waals surface area contributed by atoms with Crippen LogP contribution in [0.15, 0.2) is 47.1 Å². The summed E-state index contributed by atoms with van der Waals surface area (Å²) in [6, 6.07) is 10.3. The van der Waals surface area contributed by atoms with E-state index in [4.69, 9.17) is 20.8 Å². The summed E-state index contributed by atoms with van der Waals surface area (Å²) in [5, 5.41) is 3.23. The molecular weight excluding hydrogens is 332 g/mol. The lowest BCUT2D eigenvalue weighted by molar-refractivity contribution is -0.130. The van der Waals surface area contributed by atoms with Crippen LogP contribution in [0.25, 0.3) is 0 Å². The first-order valence-corrected chi connectivity index (χ1v) is 7.88. The number of benzene rings is 1. The van der Waals surface area contributed by atoms with Gasteiger partial charge in [-0.25, -0.2) is 0 Å². The van der Waals surface area contributed by atoms with Crippen LogP contribution >= 0.6 is 11.6 Å². The molecule has 1 N–H and O–H groups in total. The summed E-state index contributed by atoms with van der Waals surface area (Å²) in [4.78, 5) is 25.2. The molecule has 0 fully saturated rings. The van der Waals surface area contributed by atoms with Gasteiger partial charge in [-0.2, -0.15) is 0 Å². The summed E-state index contributed by atoms with van der Waals surface area (Å²) in [6.07, 6.45) is 1.63. The van der Waals surface area contributed by atoms with Crippen LogP contribution in [0.4, 0.5) is 0 Å². The molecule has 7 heteroatoms. The molecule has 2 rings (SSSR count). The quantitative estimate of drug-likeness (QED) is 0.794. The van der Waals surface area contributed by atoms with Crippen LogP contribution in [-0.4, -0.2) is 43.5 Å². The van der Waals surface area contributed by atoms with Crippen molar-refractivity contribution in [3.05, 3.63) is 53.4 Å². The zero-order valence-corrected chi connectivity index (χ0v) is 14.1. The van der Waals surface area contributed by atoms with Crippen molar-refractivity contribution in [3.63, 3.8) is 0 Å². The Morgan fingerprint density at radius 3 is 2.83 bits per heavy atom. The minimum atomic E-state index is -0.334. The molecule has 0 aliphatic rings. The molecule has 0 saturated carbocycles. The number of hydrogen-bond acceptors (Lipinski definition) is 4. The third-order valence-corrected chi connectivity index (χ3v) is 3.52. The number of nitrogens with zero attached hydrogens (tertiary/aromatic N) is 1. The first kappa shape index (κ1) is 17.9. The SMILES string of the molecule is CN(CCOc1cccc(Cl)c1)C(=O)CCNC(=O)c1ccco1. The molecule has 1 aromatic heterocycles. The van der Waals surface area contributed by atoms with Crippen molar-refractivity contribution in [1.82, 2.24) is 10.2 Å². The van der Waals surface area contributed by atoms with Gasteiger partial charge in [0.25, 0.3) is 5.91 Å². The molecule has 0 aliphatic heterocycles. The Labute approximate surface area is 145 Å². The van der Waals surface area contributed by atoms with Crippen molar-refractivity contribution in [3.8, 4) is 5.75 Å². The van der Waals surface area contributed by atoms with Gasteiger partial charge in [0.1, 0.15) is 12.4 Å². The average molecular weight is 351 g/mol. The molecular formula is C17H19ClN2O4. The van der Waals surface area contributed by atoms with Gasteiger partial charge in [0.05, 0.1) is 12.8 Å². The Bertz CT molecular complexity index is 673. The van der Waals surface area contributed by atoms with Crippen LogP contribution < -0.4 is 10.1 Å². The van der Waals surface area contributed by atoms with E-state index in [1.807, 2.05) is 0 Å². The van der Waals surface area contributed by atoms with E-state index in [0.29, 0.717) is 23.9 Å². The summed E-state index contributed by atoms with van der Waals surface area (Å²) < 4.78 is 10.5. The molecule has 1 heterocycles. The summed E-state index contributed by atoms with van der Waals surface area (Å²) in [5.41, 5.74) is 0. The van der Waals surface area contributed by atoms with Gasteiger partial charge in [0.2, 0.25) is 5.91 Å². The summed E-state index contributed by atoms with van der Waals surface area (Å²) in [6.45, 7) is 1.05. The van der Waals surface area contributed by atoms with E-state index in [1.165, 1.54) is 6.26 Å². The fourth-order valence-corrected chi connectivity index (χ4v) is 2.13. The Morgan fingerprint density at radius 2 is 2.12 bits per heavy atom. The van der Waals surface area contributed by atoms with Crippen LogP contribution in [0, 0.1) is 0 Å². The second-order valence-corrected chi connectivity index (χ2v) is 5.54. The topological polar surface area (TPSA) is 71.8 Å². The first-order valence-electron chi connectivity index (χ1n) is 7.50. The zero-order valence-electron chi connectivity index (χ0n) is 13.3. The molecule has 0 unspecified atom stereocenters. The molecule has 0 atom stereocenters. The summed E-state index contributed by atoms with van der Waals surface area (Å²) in [5.74, 6) is 0.476. The minimum absolute atomic E-state index is 0.0792. The number of hydrogen-bond donors (Lipinski definition) is 1. The zero-order chi connectivity index (χ0) is 17.4. The number of carbonyl (C=O) groups excluding carboxylic acids is 2. The number of ether oxygens (including phenoxy) is 1. The van der Waals surface area contributed by atoms with E-state index in [1.54, 1.807) is 48.3 Å². The van der Waals surface area contributed by atoms with Crippen LogP contribution in [0.3, 0.4) is 0 Å². The van der Waals surface area contributed by atoms with Crippen LogP contribution in [0.5, 0.6) is 5.75 Å². The second-order valence-electron chi connectivity index (χ2n) is 5.10. The van der Waals surface area contributed by atoms with Gasteiger partial charge < -0.3 is 19.4 Å². The highest BCUT2D eigenvalue weighted by Crippen LogP contribution is 2.16. The average Bonchev–Trinajstić information content (AvgIpc) is 3.09. The van der Waals surface area contributed by atoms with Crippen molar-refractivity contribution in [2.75, 3.05) is 26.7 Å². The lowest BCUT2D eigenvalue weighted by atomic mass is 10.3. The fraction of sp³-hybridized carbons (Fsp3) is 0.294. The number of rotatable bonds is 8. The number of amides is 2. The van der Waals surface area contributed by atoms with Crippen molar-refractivity contribution < 1.29 is 18.7 Å². The van der Waals surface area contributed by atoms with Crippen molar-refractivity contribution in [1.29, 1.82) is 0 Å². The molecule has 2 aromatic rings. The number of furan rings is 1. The van der Waals surface area contributed by atoms with Gasteiger partial charge >= 0.3 is 0 Å². The number of halogens is 1. The van der Waals surface area contributed by atoms with E-state index in [9.17, 15) is 9.59 Å². The standard InChI is InChI=1S/C17H19ClN2O4/c1-20(9-11-23-14-5-2-4-13(18)12-14)16(21)7-8-19-17(22)15-6-3-10-24-15/h2-6,10,12H,7-9,11H2,1H3,(H,19,22). The Balaban J connectivity index is 1.64. The molecule has 2 amide bonds. The van der Waals surface area contributed by atoms with Crippen molar-refractivity contribution in [2.24, 2.45) is 0 Å². The van der Waals surface area contributed by atoms with Gasteiger partial charge in [-0.05, 0) is 30.3 Å². The Kier molecular flexibility index (Phi) is 6.69. The largest absolute Gasteiger partial charge is 0.492 e. The maximum Gasteiger partial charge on any atom is 0.286 e. The molecule has 0 aliphatic carbocycles. The number of nitrogens with one attached hydrogen (secondary N) is 1. The lowest BCUT2D eigenvalue weighted by Gasteiger charge is -2.17. The number of likely N-dealkylation sites (N-methyl/N-ethyl adjacent to an activating group) is 1.